The summed E-state index contributed by atoms with van der Waals surface area (Å²) in [6.45, 7) is 0. The zero-order chi connectivity index (χ0) is 10.1. The number of benzene rings is 1. The number of hydrogen-bond donors (Lipinski definition) is 2. The van der Waals surface area contributed by atoms with E-state index in [0.29, 0.717) is 17.4 Å². The Morgan fingerprint density at radius 1 is 1.21 bits per heavy atom. The predicted octanol–water partition coefficient (Wildman–Crippen LogP) is -0.115. The van der Waals surface area contributed by atoms with Crippen LogP contribution in [-0.4, -0.2) is 22.9 Å². The van der Waals surface area contributed by atoms with Gasteiger partial charge in [-0.05, 0) is 23.9 Å². The maximum Gasteiger partial charge on any atom is 0.489 e. The molecule has 0 atom stereocenters. The zero-order valence-electron chi connectivity index (χ0n) is 7.73. The molecule has 0 spiro atoms. The summed E-state index contributed by atoms with van der Waals surface area (Å²) in [5.41, 5.74) is 1.80. The van der Waals surface area contributed by atoms with E-state index in [-0.39, 0.29) is 5.78 Å². The summed E-state index contributed by atoms with van der Waals surface area (Å²) in [6, 6.07) is 5.22. The Morgan fingerprint density at radius 3 is 2.71 bits per heavy atom. The largest absolute Gasteiger partial charge is 0.489 e. The predicted molar refractivity (Wildman–Crippen MR) is 53.5 cm³/mol. The number of fused-ring (bicyclic) bond motifs is 1. The van der Waals surface area contributed by atoms with E-state index in [9.17, 15) is 4.79 Å². The van der Waals surface area contributed by atoms with E-state index in [2.05, 4.69) is 0 Å². The number of ketones is 1. The van der Waals surface area contributed by atoms with Gasteiger partial charge in [0.25, 0.3) is 0 Å². The van der Waals surface area contributed by atoms with Crippen molar-refractivity contribution in [3.8, 4) is 0 Å². The molecule has 0 bridgehead atoms. The lowest BCUT2D eigenvalue weighted by molar-refractivity contribution is 0.0973. The molecule has 2 N–H and O–H groups in total. The first-order valence-electron chi connectivity index (χ1n) is 4.71. The molecule has 14 heavy (non-hydrogen) atoms. The van der Waals surface area contributed by atoms with E-state index >= 15 is 0 Å². The molecule has 4 heteroatoms. The van der Waals surface area contributed by atoms with Crippen LogP contribution in [0.5, 0.6) is 0 Å². The van der Waals surface area contributed by atoms with Crippen molar-refractivity contribution in [2.45, 2.75) is 19.3 Å². The minimum atomic E-state index is -1.55. The Kier molecular flexibility index (Phi) is 2.39. The van der Waals surface area contributed by atoms with Crippen LogP contribution in [0, 0.1) is 0 Å². The quantitative estimate of drug-likeness (QED) is 0.607. The first-order chi connectivity index (χ1) is 6.70. The van der Waals surface area contributed by atoms with Crippen molar-refractivity contribution < 1.29 is 14.8 Å². The van der Waals surface area contributed by atoms with Gasteiger partial charge in [-0.1, -0.05) is 18.2 Å². The van der Waals surface area contributed by atoms with Crippen LogP contribution in [0.1, 0.15) is 28.8 Å². The van der Waals surface area contributed by atoms with Gasteiger partial charge in [0.2, 0.25) is 0 Å². The van der Waals surface area contributed by atoms with Crippen LogP contribution >= 0.6 is 0 Å². The second-order valence-electron chi connectivity index (χ2n) is 3.53. The molecule has 2 rings (SSSR count). The Balaban J connectivity index is 2.57. The van der Waals surface area contributed by atoms with Gasteiger partial charge in [-0.2, -0.15) is 0 Å². The van der Waals surface area contributed by atoms with Crippen molar-refractivity contribution in [1.29, 1.82) is 0 Å². The summed E-state index contributed by atoms with van der Waals surface area (Å²) in [6.07, 6.45) is 2.22. The molecule has 0 radical (unpaired) electrons. The highest BCUT2D eigenvalue weighted by Gasteiger charge is 2.25. The third-order valence-electron chi connectivity index (χ3n) is 2.59. The molecule has 0 amide bonds. The second kappa shape index (κ2) is 3.56. The third kappa shape index (κ3) is 1.47. The summed E-state index contributed by atoms with van der Waals surface area (Å²) < 4.78 is 0. The smallest absolute Gasteiger partial charge is 0.423 e. The highest BCUT2D eigenvalue weighted by Crippen LogP contribution is 2.19. The lowest BCUT2D eigenvalue weighted by atomic mass is 9.72. The summed E-state index contributed by atoms with van der Waals surface area (Å²) >= 11 is 0. The highest BCUT2D eigenvalue weighted by atomic mass is 16.4. The van der Waals surface area contributed by atoms with Crippen molar-refractivity contribution in [2.24, 2.45) is 0 Å². The monoisotopic (exact) mass is 190 g/mol. The van der Waals surface area contributed by atoms with Gasteiger partial charge in [0.1, 0.15) is 0 Å². The molecule has 0 unspecified atom stereocenters. The standard InChI is InChI=1S/C10H11BO3/c12-9-6-2-4-7-3-1-5-8(10(7)9)11(13)14/h1,3,5,13-14H,2,4,6H2. The van der Waals surface area contributed by atoms with Crippen LogP contribution < -0.4 is 5.46 Å². The average Bonchev–Trinajstić information content (AvgIpc) is 2.17. The van der Waals surface area contributed by atoms with Gasteiger partial charge in [-0.25, -0.2) is 0 Å². The van der Waals surface area contributed by atoms with Crippen molar-refractivity contribution in [3.05, 3.63) is 29.3 Å². The van der Waals surface area contributed by atoms with E-state index in [1.54, 1.807) is 12.1 Å². The Labute approximate surface area is 82.5 Å². The lowest BCUT2D eigenvalue weighted by Gasteiger charge is -2.17. The van der Waals surface area contributed by atoms with Crippen molar-refractivity contribution in [3.63, 3.8) is 0 Å². The topological polar surface area (TPSA) is 57.5 Å². The molecule has 1 aliphatic carbocycles. The van der Waals surface area contributed by atoms with Gasteiger partial charge in [0.05, 0.1) is 0 Å². The van der Waals surface area contributed by atoms with Crippen LogP contribution in [0.4, 0.5) is 0 Å². The fraction of sp³-hybridized carbons (Fsp3) is 0.300. The van der Waals surface area contributed by atoms with Crippen molar-refractivity contribution in [1.82, 2.24) is 0 Å². The normalized spacial score (nSPS) is 15.1. The lowest BCUT2D eigenvalue weighted by Crippen LogP contribution is -2.36. The van der Waals surface area contributed by atoms with E-state index in [1.165, 1.54) is 0 Å². The van der Waals surface area contributed by atoms with Gasteiger partial charge in [-0.3, -0.25) is 4.79 Å². The van der Waals surface area contributed by atoms with Crippen LogP contribution in [0.2, 0.25) is 0 Å². The summed E-state index contributed by atoms with van der Waals surface area (Å²) in [5, 5.41) is 18.2. The molecule has 72 valence electrons. The first-order valence-corrected chi connectivity index (χ1v) is 4.71. The van der Waals surface area contributed by atoms with Crippen LogP contribution in [-0.2, 0) is 6.42 Å². The number of carbonyl (C=O) groups excluding carboxylic acids is 1. The number of Topliss-reactive ketones (excluding diaryl/α,β-unsaturated/α-hetero) is 1. The maximum absolute atomic E-state index is 11.6. The number of carbonyl (C=O) groups is 1. The molecule has 1 aromatic rings. The van der Waals surface area contributed by atoms with Crippen LogP contribution in [0.3, 0.4) is 0 Å². The number of hydrogen-bond acceptors (Lipinski definition) is 3. The molecule has 0 aromatic heterocycles. The van der Waals surface area contributed by atoms with Gasteiger partial charge in [-0.15, -0.1) is 0 Å². The number of aryl methyl sites for hydroxylation is 1. The van der Waals surface area contributed by atoms with Gasteiger partial charge in [0.15, 0.2) is 5.78 Å². The minimum Gasteiger partial charge on any atom is -0.423 e. The SMILES string of the molecule is O=C1CCCc2cccc(B(O)O)c21. The molecule has 0 fully saturated rings. The van der Waals surface area contributed by atoms with Crippen LogP contribution in [0.25, 0.3) is 0 Å². The van der Waals surface area contributed by atoms with Crippen LogP contribution in [0.15, 0.2) is 18.2 Å². The molecule has 0 aliphatic heterocycles. The summed E-state index contributed by atoms with van der Waals surface area (Å²) in [4.78, 5) is 11.6. The maximum atomic E-state index is 11.6. The molecule has 1 aromatic carbocycles. The molecular weight excluding hydrogens is 179 g/mol. The van der Waals surface area contributed by atoms with E-state index in [0.717, 1.165) is 18.4 Å². The molecule has 0 heterocycles. The molecule has 0 saturated heterocycles. The van der Waals surface area contributed by atoms with Gasteiger partial charge in [0, 0.05) is 12.0 Å². The molecule has 0 saturated carbocycles. The van der Waals surface area contributed by atoms with Gasteiger partial charge >= 0.3 is 7.12 Å². The third-order valence-corrected chi connectivity index (χ3v) is 2.59. The Bertz CT molecular complexity index is 374. The minimum absolute atomic E-state index is 0.0231. The molecule has 1 aliphatic rings. The Morgan fingerprint density at radius 2 is 2.00 bits per heavy atom. The summed E-state index contributed by atoms with van der Waals surface area (Å²) in [5.74, 6) is 0.0231. The second-order valence-corrected chi connectivity index (χ2v) is 3.53. The first kappa shape index (κ1) is 9.43. The van der Waals surface area contributed by atoms with Crippen molar-refractivity contribution in [2.75, 3.05) is 0 Å². The fourth-order valence-electron chi connectivity index (χ4n) is 1.95. The zero-order valence-corrected chi connectivity index (χ0v) is 7.73. The van der Waals surface area contributed by atoms with Gasteiger partial charge < -0.3 is 10.0 Å². The number of rotatable bonds is 1. The molecule has 3 nitrogen and oxygen atoms in total. The van der Waals surface area contributed by atoms with E-state index in [1.807, 2.05) is 6.07 Å². The van der Waals surface area contributed by atoms with E-state index in [4.69, 9.17) is 10.0 Å². The summed E-state index contributed by atoms with van der Waals surface area (Å²) in [7, 11) is -1.55. The van der Waals surface area contributed by atoms with Crippen molar-refractivity contribution >= 4 is 18.4 Å². The molecular formula is C10H11BO3. The Hall–Kier alpha value is -1.13. The average molecular weight is 190 g/mol. The highest BCUT2D eigenvalue weighted by molar-refractivity contribution is 6.60. The fourth-order valence-corrected chi connectivity index (χ4v) is 1.95. The van der Waals surface area contributed by atoms with E-state index < -0.39 is 7.12 Å².